The average molecular weight is 230 g/mol. The van der Waals surface area contributed by atoms with Crippen molar-refractivity contribution in [3.63, 3.8) is 0 Å². The van der Waals surface area contributed by atoms with Gasteiger partial charge < -0.3 is 5.73 Å². The van der Waals surface area contributed by atoms with Crippen molar-refractivity contribution in [2.24, 2.45) is 5.41 Å². The zero-order chi connectivity index (χ0) is 11.9. The summed E-state index contributed by atoms with van der Waals surface area (Å²) in [5, 5.41) is 0. The highest BCUT2D eigenvalue weighted by Gasteiger charge is 2.36. The molecule has 0 bridgehead atoms. The van der Waals surface area contributed by atoms with Gasteiger partial charge in [-0.1, -0.05) is 13.3 Å². The molecule has 1 aliphatic carbocycles. The maximum atomic E-state index is 6.01. The van der Waals surface area contributed by atoms with Gasteiger partial charge in [0.25, 0.3) is 0 Å². The molecule has 17 heavy (non-hydrogen) atoms. The highest BCUT2D eigenvalue weighted by molar-refractivity contribution is 5.73. The molecule has 0 saturated heterocycles. The van der Waals surface area contributed by atoms with Crippen molar-refractivity contribution < 1.29 is 0 Å². The van der Waals surface area contributed by atoms with E-state index >= 15 is 0 Å². The minimum absolute atomic E-state index is 0.430. The first-order valence-electron chi connectivity index (χ1n) is 6.31. The number of aromatic nitrogens is 3. The number of hydrogen-bond acceptors (Lipinski definition) is 3. The van der Waals surface area contributed by atoms with Crippen molar-refractivity contribution in [3.8, 4) is 0 Å². The van der Waals surface area contributed by atoms with Crippen LogP contribution in [0, 0.1) is 5.41 Å². The van der Waals surface area contributed by atoms with Gasteiger partial charge in [-0.3, -0.25) is 4.57 Å². The van der Waals surface area contributed by atoms with E-state index in [1.807, 2.05) is 12.1 Å². The molecule has 1 saturated carbocycles. The van der Waals surface area contributed by atoms with Crippen LogP contribution in [0.3, 0.4) is 0 Å². The largest absolute Gasteiger partial charge is 0.369 e. The fourth-order valence-electron chi connectivity index (χ4n) is 2.77. The van der Waals surface area contributed by atoms with Crippen LogP contribution in [0.25, 0.3) is 11.2 Å². The van der Waals surface area contributed by atoms with Gasteiger partial charge in [-0.2, -0.15) is 0 Å². The van der Waals surface area contributed by atoms with Gasteiger partial charge in [0.15, 0.2) is 5.65 Å². The molecule has 2 aromatic heterocycles. The second kappa shape index (κ2) is 3.72. The lowest BCUT2D eigenvalue weighted by atomic mass is 9.67. The third kappa shape index (κ3) is 1.59. The van der Waals surface area contributed by atoms with Gasteiger partial charge in [0.1, 0.15) is 5.52 Å². The SMILES string of the molecule is CCC1(Cn2c(N)nc3cccnc32)CCC1. The van der Waals surface area contributed by atoms with Crippen LogP contribution in [0.2, 0.25) is 0 Å². The zero-order valence-electron chi connectivity index (χ0n) is 10.2. The van der Waals surface area contributed by atoms with Gasteiger partial charge in [-0.25, -0.2) is 9.97 Å². The molecule has 0 radical (unpaired) electrons. The van der Waals surface area contributed by atoms with E-state index in [1.54, 1.807) is 6.20 Å². The Labute approximate surface area is 101 Å². The molecule has 4 heteroatoms. The highest BCUT2D eigenvalue weighted by Crippen LogP contribution is 2.45. The maximum Gasteiger partial charge on any atom is 0.202 e. The van der Waals surface area contributed by atoms with E-state index in [0.29, 0.717) is 11.4 Å². The van der Waals surface area contributed by atoms with E-state index in [9.17, 15) is 0 Å². The molecule has 2 aromatic rings. The van der Waals surface area contributed by atoms with Crippen molar-refractivity contribution >= 4 is 17.1 Å². The lowest BCUT2D eigenvalue weighted by Crippen LogP contribution is -2.33. The monoisotopic (exact) mass is 230 g/mol. The molecule has 4 nitrogen and oxygen atoms in total. The van der Waals surface area contributed by atoms with Crippen LogP contribution < -0.4 is 5.73 Å². The normalized spacial score (nSPS) is 18.2. The van der Waals surface area contributed by atoms with E-state index in [-0.39, 0.29) is 0 Å². The molecule has 3 rings (SSSR count). The summed E-state index contributed by atoms with van der Waals surface area (Å²) in [7, 11) is 0. The number of nitrogens with two attached hydrogens (primary N) is 1. The van der Waals surface area contributed by atoms with E-state index < -0.39 is 0 Å². The van der Waals surface area contributed by atoms with Crippen LogP contribution in [-0.2, 0) is 6.54 Å². The van der Waals surface area contributed by atoms with Gasteiger partial charge in [0.05, 0.1) is 0 Å². The minimum atomic E-state index is 0.430. The number of rotatable bonds is 3. The van der Waals surface area contributed by atoms with Gasteiger partial charge >= 0.3 is 0 Å². The van der Waals surface area contributed by atoms with Crippen LogP contribution in [0.1, 0.15) is 32.6 Å². The highest BCUT2D eigenvalue weighted by atomic mass is 15.2. The Bertz CT molecular complexity index is 534. The molecule has 0 spiro atoms. The summed E-state index contributed by atoms with van der Waals surface area (Å²) in [5.41, 5.74) is 8.26. The Hall–Kier alpha value is -1.58. The van der Waals surface area contributed by atoms with Crippen LogP contribution >= 0.6 is 0 Å². The lowest BCUT2D eigenvalue weighted by Gasteiger charge is -2.41. The van der Waals surface area contributed by atoms with Crippen LogP contribution in [0.5, 0.6) is 0 Å². The predicted molar refractivity (Wildman–Crippen MR) is 68.5 cm³/mol. The molecular weight excluding hydrogens is 212 g/mol. The Kier molecular flexibility index (Phi) is 2.31. The summed E-state index contributed by atoms with van der Waals surface area (Å²) in [6.45, 7) is 3.23. The lowest BCUT2D eigenvalue weighted by molar-refractivity contribution is 0.103. The minimum Gasteiger partial charge on any atom is -0.369 e. The Morgan fingerprint density at radius 2 is 2.29 bits per heavy atom. The molecule has 0 aromatic carbocycles. The third-order valence-corrected chi connectivity index (χ3v) is 4.19. The van der Waals surface area contributed by atoms with Crippen molar-refractivity contribution in [3.05, 3.63) is 18.3 Å². The average Bonchev–Trinajstić information content (AvgIpc) is 2.60. The topological polar surface area (TPSA) is 56.7 Å². The second-order valence-corrected chi connectivity index (χ2v) is 5.11. The standard InChI is InChI=1S/C13H18N4/c1-2-13(6-4-7-13)9-17-11-10(16-12(17)14)5-3-8-15-11/h3,5,8H,2,4,6-7,9H2,1H3,(H2,14,16). The summed E-state index contributed by atoms with van der Waals surface area (Å²) in [6.07, 6.45) is 6.96. The summed E-state index contributed by atoms with van der Waals surface area (Å²) in [5.74, 6) is 0.596. The number of imidazole rings is 1. The molecule has 2 heterocycles. The Morgan fingerprint density at radius 1 is 1.47 bits per heavy atom. The fourth-order valence-corrected chi connectivity index (χ4v) is 2.77. The van der Waals surface area contributed by atoms with Gasteiger partial charge in [-0.05, 0) is 36.8 Å². The number of fused-ring (bicyclic) bond motifs is 1. The molecule has 2 N–H and O–H groups in total. The van der Waals surface area contributed by atoms with E-state index in [4.69, 9.17) is 5.73 Å². The van der Waals surface area contributed by atoms with Crippen LogP contribution in [0.15, 0.2) is 18.3 Å². The number of nitrogen functional groups attached to an aromatic ring is 1. The third-order valence-electron chi connectivity index (χ3n) is 4.19. The number of hydrogen-bond donors (Lipinski definition) is 1. The molecule has 0 unspecified atom stereocenters. The smallest absolute Gasteiger partial charge is 0.202 e. The predicted octanol–water partition coefficient (Wildman–Crippen LogP) is 2.59. The molecule has 90 valence electrons. The van der Waals surface area contributed by atoms with Gasteiger partial charge in [0.2, 0.25) is 5.95 Å². The Balaban J connectivity index is 2.02. The summed E-state index contributed by atoms with van der Waals surface area (Å²) < 4.78 is 2.08. The first-order valence-corrected chi connectivity index (χ1v) is 6.31. The van der Waals surface area contributed by atoms with Crippen molar-refractivity contribution in [1.29, 1.82) is 0 Å². The number of anilines is 1. The molecule has 0 aliphatic heterocycles. The first kappa shape index (κ1) is 10.6. The van der Waals surface area contributed by atoms with Crippen LogP contribution in [-0.4, -0.2) is 14.5 Å². The van der Waals surface area contributed by atoms with Crippen molar-refractivity contribution in [2.75, 3.05) is 5.73 Å². The summed E-state index contributed by atoms with van der Waals surface area (Å²) >= 11 is 0. The molecule has 0 amide bonds. The van der Waals surface area contributed by atoms with E-state index in [2.05, 4.69) is 21.5 Å². The van der Waals surface area contributed by atoms with Gasteiger partial charge in [0, 0.05) is 12.7 Å². The molecule has 0 atom stereocenters. The second-order valence-electron chi connectivity index (χ2n) is 5.11. The number of nitrogens with zero attached hydrogens (tertiary/aromatic N) is 3. The maximum absolute atomic E-state index is 6.01. The summed E-state index contributed by atoms with van der Waals surface area (Å²) in [6, 6.07) is 3.87. The van der Waals surface area contributed by atoms with Crippen molar-refractivity contribution in [2.45, 2.75) is 39.2 Å². The molecule has 1 fully saturated rings. The van der Waals surface area contributed by atoms with Gasteiger partial charge in [-0.15, -0.1) is 0 Å². The molecular formula is C13H18N4. The van der Waals surface area contributed by atoms with E-state index in [0.717, 1.165) is 17.7 Å². The quantitative estimate of drug-likeness (QED) is 0.881. The van der Waals surface area contributed by atoms with E-state index in [1.165, 1.54) is 25.7 Å². The zero-order valence-corrected chi connectivity index (χ0v) is 10.2. The first-order chi connectivity index (χ1) is 8.24. The fraction of sp³-hybridized carbons (Fsp3) is 0.538. The number of pyridine rings is 1. The molecule has 1 aliphatic rings. The summed E-state index contributed by atoms with van der Waals surface area (Å²) in [4.78, 5) is 8.77. The van der Waals surface area contributed by atoms with Crippen LogP contribution in [0.4, 0.5) is 5.95 Å². The van der Waals surface area contributed by atoms with Crippen molar-refractivity contribution in [1.82, 2.24) is 14.5 Å². The Morgan fingerprint density at radius 3 is 2.94 bits per heavy atom.